The number of amides is 2. The second-order valence-corrected chi connectivity index (χ2v) is 9.99. The molecule has 172 valence electrons. The molecule has 0 saturated heterocycles. The highest BCUT2D eigenvalue weighted by molar-refractivity contribution is 7.99. The van der Waals surface area contributed by atoms with Crippen molar-refractivity contribution in [3.05, 3.63) is 70.8 Å². The summed E-state index contributed by atoms with van der Waals surface area (Å²) in [4.78, 5) is 28.0. The van der Waals surface area contributed by atoms with Gasteiger partial charge in [0.25, 0.3) is 0 Å². The Labute approximate surface area is 197 Å². The van der Waals surface area contributed by atoms with E-state index in [0.717, 1.165) is 24.2 Å². The van der Waals surface area contributed by atoms with Crippen LogP contribution in [0.3, 0.4) is 0 Å². The Hall–Kier alpha value is -2.27. The number of hydrogen-bond donors (Lipinski definition) is 1. The number of benzene rings is 2. The van der Waals surface area contributed by atoms with Gasteiger partial charge in [-0.05, 0) is 44.7 Å². The van der Waals surface area contributed by atoms with Crippen molar-refractivity contribution in [3.63, 3.8) is 0 Å². The highest BCUT2D eigenvalue weighted by atomic mass is 32.2. The lowest BCUT2D eigenvalue weighted by Gasteiger charge is -2.31. The first-order valence-corrected chi connectivity index (χ1v) is 12.9. The van der Waals surface area contributed by atoms with Gasteiger partial charge in [-0.15, -0.1) is 11.8 Å². The van der Waals surface area contributed by atoms with Crippen LogP contribution in [0.1, 0.15) is 61.3 Å². The molecule has 3 rings (SSSR count). The molecule has 0 aliphatic heterocycles. The summed E-state index contributed by atoms with van der Waals surface area (Å²) in [6, 6.07) is 16.3. The van der Waals surface area contributed by atoms with Crippen LogP contribution in [0, 0.1) is 13.8 Å². The smallest absolute Gasteiger partial charge is 0.242 e. The molecule has 5 heteroatoms. The third-order valence-electron chi connectivity index (χ3n) is 6.21. The zero-order valence-corrected chi connectivity index (χ0v) is 20.4. The molecule has 1 saturated carbocycles. The Balaban J connectivity index is 1.64. The Bertz CT molecular complexity index is 874. The van der Waals surface area contributed by atoms with Crippen LogP contribution in [-0.2, 0) is 21.9 Å². The fourth-order valence-electron chi connectivity index (χ4n) is 4.06. The molecule has 2 aromatic rings. The van der Waals surface area contributed by atoms with E-state index in [9.17, 15) is 9.59 Å². The van der Waals surface area contributed by atoms with Crippen LogP contribution < -0.4 is 5.32 Å². The summed E-state index contributed by atoms with van der Waals surface area (Å²) in [5.74, 6) is 1.11. The zero-order valence-electron chi connectivity index (χ0n) is 19.6. The summed E-state index contributed by atoms with van der Waals surface area (Å²) >= 11 is 1.60. The van der Waals surface area contributed by atoms with E-state index in [1.807, 2.05) is 19.1 Å². The minimum Gasteiger partial charge on any atom is -0.352 e. The van der Waals surface area contributed by atoms with Gasteiger partial charge in [0.1, 0.15) is 6.04 Å². The van der Waals surface area contributed by atoms with Crippen LogP contribution in [0.15, 0.2) is 48.5 Å². The van der Waals surface area contributed by atoms with Crippen molar-refractivity contribution in [3.8, 4) is 0 Å². The molecule has 0 unspecified atom stereocenters. The Morgan fingerprint density at radius 3 is 2.09 bits per heavy atom. The van der Waals surface area contributed by atoms with Gasteiger partial charge in [0, 0.05) is 18.3 Å². The van der Waals surface area contributed by atoms with Gasteiger partial charge in [0.05, 0.1) is 5.75 Å². The summed E-state index contributed by atoms with van der Waals surface area (Å²) in [6.07, 6.45) is 5.66. The van der Waals surface area contributed by atoms with Crippen molar-refractivity contribution < 1.29 is 9.59 Å². The molecule has 32 heavy (non-hydrogen) atoms. The molecular formula is C27H36N2O2S. The number of carbonyl (C=O) groups excluding carboxylic acids is 2. The van der Waals surface area contributed by atoms with E-state index in [1.54, 1.807) is 16.7 Å². The molecule has 0 aromatic heterocycles. The number of nitrogens with one attached hydrogen (secondary N) is 1. The van der Waals surface area contributed by atoms with Gasteiger partial charge in [-0.1, -0.05) is 78.9 Å². The lowest BCUT2D eigenvalue weighted by Crippen LogP contribution is -2.50. The summed E-state index contributed by atoms with van der Waals surface area (Å²) < 4.78 is 0. The molecule has 0 radical (unpaired) electrons. The first kappa shape index (κ1) is 24.4. The van der Waals surface area contributed by atoms with Crippen LogP contribution in [0.2, 0.25) is 0 Å². The molecule has 0 spiro atoms. The minimum atomic E-state index is -0.495. The van der Waals surface area contributed by atoms with Crippen LogP contribution >= 0.6 is 11.8 Å². The summed E-state index contributed by atoms with van der Waals surface area (Å²) in [5.41, 5.74) is 4.67. The van der Waals surface area contributed by atoms with Crippen molar-refractivity contribution in [2.24, 2.45) is 0 Å². The van der Waals surface area contributed by atoms with E-state index in [0.29, 0.717) is 12.3 Å². The average Bonchev–Trinajstić information content (AvgIpc) is 2.80. The molecule has 1 N–H and O–H groups in total. The number of carbonyl (C=O) groups is 2. The number of thioether (sulfide) groups is 1. The highest BCUT2D eigenvalue weighted by Crippen LogP contribution is 2.19. The zero-order chi connectivity index (χ0) is 22.9. The molecule has 2 amide bonds. The standard InChI is InChI=1S/C27H36N2O2S/c1-20-9-13-23(14-10-20)17-29(22(3)27(31)28-25-7-5-4-6-8-25)26(30)19-32-18-24-15-11-21(2)12-16-24/h9-16,22,25H,4-8,17-19H2,1-3H3,(H,28,31)/t22-/m0/s1. The lowest BCUT2D eigenvalue weighted by molar-refractivity contribution is -0.139. The fraction of sp³-hybridized carbons (Fsp3) is 0.481. The number of nitrogens with zero attached hydrogens (tertiary/aromatic N) is 1. The molecule has 1 aliphatic rings. The maximum Gasteiger partial charge on any atom is 0.242 e. The first-order chi connectivity index (χ1) is 15.4. The predicted molar refractivity (Wildman–Crippen MR) is 134 cm³/mol. The number of aryl methyl sites for hydroxylation is 2. The Morgan fingerprint density at radius 2 is 1.50 bits per heavy atom. The van der Waals surface area contributed by atoms with Crippen molar-refractivity contribution in [2.45, 2.75) is 77.3 Å². The third kappa shape index (κ3) is 7.40. The van der Waals surface area contributed by atoms with Crippen LogP contribution in [0.5, 0.6) is 0 Å². The molecule has 0 heterocycles. The summed E-state index contributed by atoms with van der Waals surface area (Å²) in [7, 11) is 0. The van der Waals surface area contributed by atoms with Crippen LogP contribution in [0.4, 0.5) is 0 Å². The van der Waals surface area contributed by atoms with E-state index in [2.05, 4.69) is 55.6 Å². The van der Waals surface area contributed by atoms with Crippen molar-refractivity contribution in [1.29, 1.82) is 0 Å². The SMILES string of the molecule is Cc1ccc(CSCC(=O)N(Cc2ccc(C)cc2)[C@@H](C)C(=O)NC2CCCCC2)cc1. The average molecular weight is 453 g/mol. The normalized spacial score (nSPS) is 15.2. The quantitative estimate of drug-likeness (QED) is 0.554. The predicted octanol–water partition coefficient (Wildman–Crippen LogP) is 5.40. The lowest BCUT2D eigenvalue weighted by atomic mass is 9.95. The van der Waals surface area contributed by atoms with E-state index in [4.69, 9.17) is 0 Å². The number of hydrogen-bond acceptors (Lipinski definition) is 3. The molecule has 2 aromatic carbocycles. The van der Waals surface area contributed by atoms with Gasteiger partial charge in [-0.25, -0.2) is 0 Å². The minimum absolute atomic E-state index is 0.00832. The van der Waals surface area contributed by atoms with Gasteiger partial charge in [-0.2, -0.15) is 0 Å². The summed E-state index contributed by atoms with van der Waals surface area (Å²) in [6.45, 7) is 6.43. The Morgan fingerprint density at radius 1 is 0.938 bits per heavy atom. The number of rotatable bonds is 9. The molecule has 1 aliphatic carbocycles. The van der Waals surface area contributed by atoms with Gasteiger partial charge in [0.15, 0.2) is 0 Å². The van der Waals surface area contributed by atoms with Gasteiger partial charge < -0.3 is 10.2 Å². The van der Waals surface area contributed by atoms with Gasteiger partial charge >= 0.3 is 0 Å². The molecule has 0 bridgehead atoms. The first-order valence-electron chi connectivity index (χ1n) is 11.7. The topological polar surface area (TPSA) is 49.4 Å². The van der Waals surface area contributed by atoms with E-state index in [-0.39, 0.29) is 17.9 Å². The molecular weight excluding hydrogens is 416 g/mol. The second-order valence-electron chi connectivity index (χ2n) is 9.01. The van der Waals surface area contributed by atoms with E-state index in [1.165, 1.54) is 36.0 Å². The second kappa shape index (κ2) is 12.1. The van der Waals surface area contributed by atoms with E-state index >= 15 is 0 Å². The largest absolute Gasteiger partial charge is 0.352 e. The Kier molecular flexibility index (Phi) is 9.22. The van der Waals surface area contributed by atoms with Gasteiger partial charge in [0.2, 0.25) is 11.8 Å². The van der Waals surface area contributed by atoms with Gasteiger partial charge in [-0.3, -0.25) is 9.59 Å². The van der Waals surface area contributed by atoms with Crippen LogP contribution in [-0.4, -0.2) is 34.6 Å². The van der Waals surface area contributed by atoms with Crippen molar-refractivity contribution in [1.82, 2.24) is 10.2 Å². The monoisotopic (exact) mass is 452 g/mol. The third-order valence-corrected chi connectivity index (χ3v) is 7.20. The maximum atomic E-state index is 13.2. The molecule has 1 atom stereocenters. The van der Waals surface area contributed by atoms with Crippen molar-refractivity contribution in [2.75, 3.05) is 5.75 Å². The van der Waals surface area contributed by atoms with Crippen LogP contribution in [0.25, 0.3) is 0 Å². The van der Waals surface area contributed by atoms with E-state index < -0.39 is 6.04 Å². The fourth-order valence-corrected chi connectivity index (χ4v) is 4.94. The molecule has 1 fully saturated rings. The van der Waals surface area contributed by atoms with Crippen molar-refractivity contribution >= 4 is 23.6 Å². The summed E-state index contributed by atoms with van der Waals surface area (Å²) in [5, 5.41) is 3.20. The molecule has 4 nitrogen and oxygen atoms in total. The maximum absolute atomic E-state index is 13.2. The highest BCUT2D eigenvalue weighted by Gasteiger charge is 2.28.